The summed E-state index contributed by atoms with van der Waals surface area (Å²) in [5, 5.41) is 0. The van der Waals surface area contributed by atoms with Gasteiger partial charge in [-0.1, -0.05) is 0 Å². The van der Waals surface area contributed by atoms with Crippen molar-refractivity contribution < 1.29 is 4.74 Å². The lowest BCUT2D eigenvalue weighted by molar-refractivity contribution is 0.324. The first kappa shape index (κ1) is 10.2. The minimum atomic E-state index is 0.587. The monoisotopic (exact) mass is 208 g/mol. The summed E-state index contributed by atoms with van der Waals surface area (Å²) < 4.78 is 5.32. The highest BCUT2D eigenvalue weighted by Crippen LogP contribution is 2.21. The van der Waals surface area contributed by atoms with Crippen molar-refractivity contribution in [2.75, 3.05) is 31.1 Å². The van der Waals surface area contributed by atoms with E-state index in [1.807, 2.05) is 6.92 Å². The molecular weight excluding hydrogens is 192 g/mol. The van der Waals surface area contributed by atoms with Crippen LogP contribution >= 0.6 is 0 Å². The van der Waals surface area contributed by atoms with Crippen molar-refractivity contribution in [3.63, 3.8) is 0 Å². The minimum absolute atomic E-state index is 0.587. The number of ether oxygens (including phenoxy) is 1. The zero-order chi connectivity index (χ0) is 10.7. The third-order valence-electron chi connectivity index (χ3n) is 2.48. The molecular formula is C10H16N4O. The van der Waals surface area contributed by atoms with Crippen molar-refractivity contribution in [3.05, 3.63) is 12.3 Å². The standard InChI is InChI=1S/C10H16N4O/c1-2-15-9-3-4-12-10(13-9)14-6-8(5-11)7-14/h3-4,8H,2,5-7,11H2,1H3. The second kappa shape index (κ2) is 4.44. The van der Waals surface area contributed by atoms with Gasteiger partial charge in [0.25, 0.3) is 0 Å². The predicted molar refractivity (Wildman–Crippen MR) is 58.0 cm³/mol. The molecule has 0 aromatic carbocycles. The van der Waals surface area contributed by atoms with E-state index >= 15 is 0 Å². The normalized spacial score (nSPS) is 16.3. The average Bonchev–Trinajstić information content (AvgIpc) is 2.17. The molecule has 0 bridgehead atoms. The van der Waals surface area contributed by atoms with E-state index in [-0.39, 0.29) is 0 Å². The lowest BCUT2D eigenvalue weighted by atomic mass is 10.0. The molecule has 1 aromatic heterocycles. The van der Waals surface area contributed by atoms with Gasteiger partial charge in [0.1, 0.15) is 0 Å². The highest BCUT2D eigenvalue weighted by atomic mass is 16.5. The molecule has 0 unspecified atom stereocenters. The van der Waals surface area contributed by atoms with E-state index in [0.717, 1.165) is 25.6 Å². The Morgan fingerprint density at radius 3 is 3.07 bits per heavy atom. The fourth-order valence-electron chi connectivity index (χ4n) is 1.60. The predicted octanol–water partition coefficient (Wildman–Crippen LogP) is 0.270. The molecule has 0 radical (unpaired) electrons. The van der Waals surface area contributed by atoms with Crippen LogP contribution in [0.3, 0.4) is 0 Å². The summed E-state index contributed by atoms with van der Waals surface area (Å²) in [4.78, 5) is 10.6. The first-order valence-corrected chi connectivity index (χ1v) is 5.24. The molecule has 0 atom stereocenters. The van der Waals surface area contributed by atoms with Crippen molar-refractivity contribution in [2.45, 2.75) is 6.92 Å². The lowest BCUT2D eigenvalue weighted by Crippen LogP contribution is -2.50. The SMILES string of the molecule is CCOc1ccnc(N2CC(CN)C2)n1. The van der Waals surface area contributed by atoms with Gasteiger partial charge in [-0.15, -0.1) is 0 Å². The van der Waals surface area contributed by atoms with Crippen LogP contribution in [0.2, 0.25) is 0 Å². The Kier molecular flexibility index (Phi) is 3.01. The number of aromatic nitrogens is 2. The quantitative estimate of drug-likeness (QED) is 0.769. The maximum absolute atomic E-state index is 5.56. The van der Waals surface area contributed by atoms with Crippen LogP contribution in [0.1, 0.15) is 6.92 Å². The molecule has 2 rings (SSSR count). The van der Waals surface area contributed by atoms with E-state index in [9.17, 15) is 0 Å². The van der Waals surface area contributed by atoms with Gasteiger partial charge >= 0.3 is 0 Å². The van der Waals surface area contributed by atoms with Gasteiger partial charge in [-0.3, -0.25) is 0 Å². The largest absolute Gasteiger partial charge is 0.478 e. The van der Waals surface area contributed by atoms with Gasteiger partial charge in [0.05, 0.1) is 6.61 Å². The topological polar surface area (TPSA) is 64.3 Å². The maximum atomic E-state index is 5.56. The molecule has 1 fully saturated rings. The van der Waals surface area contributed by atoms with Crippen LogP contribution < -0.4 is 15.4 Å². The molecule has 5 nitrogen and oxygen atoms in total. The Morgan fingerprint density at radius 2 is 2.40 bits per heavy atom. The van der Waals surface area contributed by atoms with Gasteiger partial charge in [-0.05, 0) is 13.5 Å². The zero-order valence-corrected chi connectivity index (χ0v) is 8.89. The van der Waals surface area contributed by atoms with Crippen LogP contribution in [0.4, 0.5) is 5.95 Å². The second-order valence-corrected chi connectivity index (χ2v) is 3.63. The third kappa shape index (κ3) is 2.18. The van der Waals surface area contributed by atoms with E-state index < -0.39 is 0 Å². The van der Waals surface area contributed by atoms with E-state index in [1.54, 1.807) is 12.3 Å². The summed E-state index contributed by atoms with van der Waals surface area (Å²) in [5.74, 6) is 1.97. The second-order valence-electron chi connectivity index (χ2n) is 3.63. The Labute approximate surface area is 89.3 Å². The van der Waals surface area contributed by atoms with Crippen LogP contribution in [0, 0.1) is 5.92 Å². The average molecular weight is 208 g/mol. The Bertz CT molecular complexity index is 325. The van der Waals surface area contributed by atoms with Gasteiger partial charge in [-0.25, -0.2) is 4.98 Å². The Morgan fingerprint density at radius 1 is 1.60 bits per heavy atom. The number of hydrogen-bond donors (Lipinski definition) is 1. The summed E-state index contributed by atoms with van der Waals surface area (Å²) in [5.41, 5.74) is 5.56. The van der Waals surface area contributed by atoms with Crippen molar-refractivity contribution in [1.82, 2.24) is 9.97 Å². The van der Waals surface area contributed by atoms with Crippen LogP contribution in [-0.2, 0) is 0 Å². The molecule has 5 heteroatoms. The van der Waals surface area contributed by atoms with E-state index in [4.69, 9.17) is 10.5 Å². The molecule has 1 aliphatic rings. The summed E-state index contributed by atoms with van der Waals surface area (Å²) in [6.45, 7) is 5.21. The van der Waals surface area contributed by atoms with Gasteiger partial charge in [0, 0.05) is 31.3 Å². The number of hydrogen-bond acceptors (Lipinski definition) is 5. The van der Waals surface area contributed by atoms with Crippen molar-refractivity contribution in [2.24, 2.45) is 11.7 Å². The first-order chi connectivity index (χ1) is 7.33. The number of rotatable bonds is 4. The molecule has 82 valence electrons. The number of nitrogens with zero attached hydrogens (tertiary/aromatic N) is 3. The summed E-state index contributed by atoms with van der Waals surface area (Å²) in [7, 11) is 0. The molecule has 0 spiro atoms. The van der Waals surface area contributed by atoms with Crippen molar-refractivity contribution >= 4 is 5.95 Å². The highest BCUT2D eigenvalue weighted by Gasteiger charge is 2.27. The third-order valence-corrected chi connectivity index (χ3v) is 2.48. The number of anilines is 1. The fourth-order valence-corrected chi connectivity index (χ4v) is 1.60. The molecule has 0 saturated carbocycles. The van der Waals surface area contributed by atoms with E-state index in [0.29, 0.717) is 18.4 Å². The Hall–Kier alpha value is -1.36. The smallest absolute Gasteiger partial charge is 0.228 e. The summed E-state index contributed by atoms with van der Waals surface area (Å²) in [6, 6.07) is 1.77. The molecule has 15 heavy (non-hydrogen) atoms. The van der Waals surface area contributed by atoms with Crippen molar-refractivity contribution in [1.29, 1.82) is 0 Å². The molecule has 0 aliphatic carbocycles. The van der Waals surface area contributed by atoms with Gasteiger partial charge in [-0.2, -0.15) is 4.98 Å². The first-order valence-electron chi connectivity index (χ1n) is 5.24. The lowest BCUT2D eigenvalue weighted by Gasteiger charge is -2.38. The Balaban J connectivity index is 2.00. The molecule has 1 aliphatic heterocycles. The van der Waals surface area contributed by atoms with Crippen LogP contribution in [0.25, 0.3) is 0 Å². The van der Waals surface area contributed by atoms with E-state index in [1.165, 1.54) is 0 Å². The summed E-state index contributed by atoms with van der Waals surface area (Å²) in [6.07, 6.45) is 1.73. The molecule has 2 heterocycles. The molecule has 0 amide bonds. The van der Waals surface area contributed by atoms with Gasteiger partial charge < -0.3 is 15.4 Å². The fraction of sp³-hybridized carbons (Fsp3) is 0.600. The zero-order valence-electron chi connectivity index (χ0n) is 8.89. The minimum Gasteiger partial charge on any atom is -0.478 e. The molecule has 1 saturated heterocycles. The van der Waals surface area contributed by atoms with Gasteiger partial charge in [0.2, 0.25) is 11.8 Å². The van der Waals surface area contributed by atoms with Crippen LogP contribution in [0.5, 0.6) is 5.88 Å². The number of nitrogens with two attached hydrogens (primary N) is 1. The summed E-state index contributed by atoms with van der Waals surface area (Å²) >= 11 is 0. The molecule has 1 aromatic rings. The van der Waals surface area contributed by atoms with Crippen molar-refractivity contribution in [3.8, 4) is 5.88 Å². The van der Waals surface area contributed by atoms with Gasteiger partial charge in [0.15, 0.2) is 0 Å². The highest BCUT2D eigenvalue weighted by molar-refractivity contribution is 5.35. The maximum Gasteiger partial charge on any atom is 0.228 e. The van der Waals surface area contributed by atoms with Crippen LogP contribution in [-0.4, -0.2) is 36.2 Å². The van der Waals surface area contributed by atoms with Crippen LogP contribution in [0.15, 0.2) is 12.3 Å². The van der Waals surface area contributed by atoms with E-state index in [2.05, 4.69) is 14.9 Å². The molecule has 2 N–H and O–H groups in total.